The molecule has 126 valence electrons. The molecule has 0 unspecified atom stereocenters. The second kappa shape index (κ2) is 7.31. The molecule has 4 nitrogen and oxygen atoms in total. The number of carbonyl (C=O) groups excluding carboxylic acids is 1. The van der Waals surface area contributed by atoms with E-state index in [0.29, 0.717) is 5.56 Å². The highest BCUT2D eigenvalue weighted by molar-refractivity contribution is 7.80. The van der Waals surface area contributed by atoms with E-state index in [2.05, 4.69) is 10.6 Å². The molecular formula is C16H13F3N2O2S. The molecule has 0 aromatic heterocycles. The maximum absolute atomic E-state index is 13.1. The summed E-state index contributed by atoms with van der Waals surface area (Å²) in [5.41, 5.74) is -0.882. The van der Waals surface area contributed by atoms with Crippen molar-refractivity contribution in [3.05, 3.63) is 59.7 Å². The molecule has 1 amide bonds. The van der Waals surface area contributed by atoms with Crippen LogP contribution in [-0.2, 0) is 6.18 Å². The first-order chi connectivity index (χ1) is 11.3. The summed E-state index contributed by atoms with van der Waals surface area (Å²) in [7, 11) is 1.27. The topological polar surface area (TPSA) is 50.4 Å². The minimum atomic E-state index is -4.60. The Morgan fingerprint density at radius 1 is 1.12 bits per heavy atom. The molecule has 2 rings (SSSR count). The fourth-order valence-corrected chi connectivity index (χ4v) is 2.11. The number of methoxy groups -OCH3 is 1. The summed E-state index contributed by atoms with van der Waals surface area (Å²) >= 11 is 4.91. The third-order valence-electron chi connectivity index (χ3n) is 3.04. The monoisotopic (exact) mass is 354 g/mol. The number of amides is 1. The van der Waals surface area contributed by atoms with E-state index in [9.17, 15) is 18.0 Å². The molecule has 0 saturated heterocycles. The molecule has 2 N–H and O–H groups in total. The Morgan fingerprint density at radius 3 is 2.38 bits per heavy atom. The summed E-state index contributed by atoms with van der Waals surface area (Å²) in [5, 5.41) is 4.49. The number of benzene rings is 2. The molecule has 24 heavy (non-hydrogen) atoms. The van der Waals surface area contributed by atoms with Crippen LogP contribution in [0.25, 0.3) is 0 Å². The SMILES string of the molecule is COc1ccc(NC(=S)NC(=O)c2ccccc2)c(C(F)(F)F)c1. The van der Waals surface area contributed by atoms with Crippen molar-refractivity contribution in [1.29, 1.82) is 0 Å². The average molecular weight is 354 g/mol. The standard InChI is InChI=1S/C16H13F3N2O2S/c1-23-11-7-8-13(12(9-11)16(17,18)19)20-15(24)21-14(22)10-5-3-2-4-6-10/h2-9H,1H3,(H2,20,21,22,24). The predicted octanol–water partition coefficient (Wildman–Crippen LogP) is 3.84. The molecule has 0 aliphatic heterocycles. The minimum Gasteiger partial charge on any atom is -0.497 e. The molecule has 2 aromatic rings. The Morgan fingerprint density at radius 2 is 1.79 bits per heavy atom. The molecule has 0 aliphatic carbocycles. The summed E-state index contributed by atoms with van der Waals surface area (Å²) in [6.45, 7) is 0. The minimum absolute atomic E-state index is 0.0621. The lowest BCUT2D eigenvalue weighted by Gasteiger charge is -2.16. The van der Waals surface area contributed by atoms with Gasteiger partial charge in [-0.1, -0.05) is 18.2 Å². The Bertz CT molecular complexity index is 749. The summed E-state index contributed by atoms with van der Waals surface area (Å²) in [4.78, 5) is 11.9. The average Bonchev–Trinajstić information content (AvgIpc) is 2.55. The number of rotatable bonds is 3. The first-order valence-corrected chi connectivity index (χ1v) is 7.14. The highest BCUT2D eigenvalue weighted by Gasteiger charge is 2.34. The highest BCUT2D eigenvalue weighted by Crippen LogP contribution is 2.37. The Labute approximate surface area is 141 Å². The van der Waals surface area contributed by atoms with Crippen molar-refractivity contribution in [1.82, 2.24) is 5.32 Å². The zero-order valence-corrected chi connectivity index (χ0v) is 13.3. The van der Waals surface area contributed by atoms with Crippen molar-refractivity contribution in [3.63, 3.8) is 0 Å². The second-order valence-electron chi connectivity index (χ2n) is 4.68. The number of ether oxygens (including phenoxy) is 1. The number of nitrogens with one attached hydrogen (secondary N) is 2. The quantitative estimate of drug-likeness (QED) is 0.823. The van der Waals surface area contributed by atoms with Crippen LogP contribution in [0.15, 0.2) is 48.5 Å². The van der Waals surface area contributed by atoms with Gasteiger partial charge in [0.1, 0.15) is 5.75 Å². The zero-order chi connectivity index (χ0) is 17.7. The van der Waals surface area contributed by atoms with Gasteiger partial charge >= 0.3 is 6.18 Å². The van der Waals surface area contributed by atoms with Gasteiger partial charge in [-0.15, -0.1) is 0 Å². The Hall–Kier alpha value is -2.61. The fraction of sp³-hybridized carbons (Fsp3) is 0.125. The molecule has 0 heterocycles. The van der Waals surface area contributed by atoms with Gasteiger partial charge in [-0.05, 0) is 42.5 Å². The molecular weight excluding hydrogens is 341 g/mol. The van der Waals surface area contributed by atoms with Crippen molar-refractivity contribution in [2.24, 2.45) is 0 Å². The van der Waals surface area contributed by atoms with Crippen molar-refractivity contribution in [2.75, 3.05) is 12.4 Å². The van der Waals surface area contributed by atoms with Gasteiger partial charge in [-0.2, -0.15) is 13.2 Å². The van der Waals surface area contributed by atoms with E-state index in [4.69, 9.17) is 17.0 Å². The maximum Gasteiger partial charge on any atom is 0.418 e. The predicted molar refractivity (Wildman–Crippen MR) is 88.1 cm³/mol. The van der Waals surface area contributed by atoms with E-state index < -0.39 is 17.6 Å². The molecule has 0 radical (unpaired) electrons. The number of hydrogen-bond donors (Lipinski definition) is 2. The van der Waals surface area contributed by atoms with Crippen LogP contribution in [0.5, 0.6) is 5.75 Å². The van der Waals surface area contributed by atoms with E-state index in [1.54, 1.807) is 30.3 Å². The van der Waals surface area contributed by atoms with Crippen LogP contribution in [0, 0.1) is 0 Å². The van der Waals surface area contributed by atoms with Crippen LogP contribution < -0.4 is 15.4 Å². The van der Waals surface area contributed by atoms with Crippen LogP contribution in [-0.4, -0.2) is 18.1 Å². The number of hydrogen-bond acceptors (Lipinski definition) is 3. The van der Waals surface area contributed by atoms with Gasteiger partial charge in [0.05, 0.1) is 18.4 Å². The number of halogens is 3. The maximum atomic E-state index is 13.1. The van der Waals surface area contributed by atoms with Gasteiger partial charge in [0.25, 0.3) is 5.91 Å². The normalized spacial score (nSPS) is 10.8. The lowest BCUT2D eigenvalue weighted by Crippen LogP contribution is -2.34. The number of alkyl halides is 3. The van der Waals surface area contributed by atoms with E-state index >= 15 is 0 Å². The summed E-state index contributed by atoms with van der Waals surface area (Å²) < 4.78 is 44.2. The first-order valence-electron chi connectivity index (χ1n) is 6.74. The van der Waals surface area contributed by atoms with Crippen molar-refractivity contribution in [3.8, 4) is 5.75 Å². The van der Waals surface area contributed by atoms with E-state index in [1.807, 2.05) is 0 Å². The van der Waals surface area contributed by atoms with Crippen LogP contribution in [0.2, 0.25) is 0 Å². The van der Waals surface area contributed by atoms with Gasteiger partial charge in [0, 0.05) is 5.56 Å². The third kappa shape index (κ3) is 4.45. The van der Waals surface area contributed by atoms with Gasteiger partial charge in [-0.3, -0.25) is 10.1 Å². The molecule has 0 fully saturated rings. The first kappa shape index (κ1) is 17.7. The van der Waals surface area contributed by atoms with Crippen LogP contribution in [0.1, 0.15) is 15.9 Å². The Balaban J connectivity index is 2.16. The van der Waals surface area contributed by atoms with E-state index in [1.165, 1.54) is 19.2 Å². The van der Waals surface area contributed by atoms with Crippen LogP contribution in [0.4, 0.5) is 18.9 Å². The van der Waals surface area contributed by atoms with Crippen LogP contribution >= 0.6 is 12.2 Å². The molecule has 0 atom stereocenters. The van der Waals surface area contributed by atoms with E-state index in [-0.39, 0.29) is 16.5 Å². The molecule has 0 bridgehead atoms. The lowest BCUT2D eigenvalue weighted by atomic mass is 10.1. The third-order valence-corrected chi connectivity index (χ3v) is 3.25. The van der Waals surface area contributed by atoms with Gasteiger partial charge < -0.3 is 10.1 Å². The second-order valence-corrected chi connectivity index (χ2v) is 5.09. The number of carbonyl (C=O) groups is 1. The summed E-state index contributed by atoms with van der Waals surface area (Å²) in [6.07, 6.45) is -4.60. The Kier molecular flexibility index (Phi) is 5.40. The van der Waals surface area contributed by atoms with Crippen molar-refractivity contribution in [2.45, 2.75) is 6.18 Å². The van der Waals surface area contributed by atoms with Gasteiger partial charge in [0.15, 0.2) is 5.11 Å². The van der Waals surface area contributed by atoms with Crippen molar-refractivity contribution >= 4 is 28.9 Å². The van der Waals surface area contributed by atoms with Gasteiger partial charge in [-0.25, -0.2) is 0 Å². The smallest absolute Gasteiger partial charge is 0.418 e. The van der Waals surface area contributed by atoms with Crippen LogP contribution in [0.3, 0.4) is 0 Å². The molecule has 8 heteroatoms. The number of thiocarbonyl (C=S) groups is 1. The molecule has 0 saturated carbocycles. The van der Waals surface area contributed by atoms with Crippen molar-refractivity contribution < 1.29 is 22.7 Å². The largest absolute Gasteiger partial charge is 0.497 e. The van der Waals surface area contributed by atoms with Gasteiger partial charge in [0.2, 0.25) is 0 Å². The molecule has 0 aliphatic rings. The summed E-state index contributed by atoms with van der Waals surface area (Å²) in [5.74, 6) is -0.456. The number of anilines is 1. The lowest BCUT2D eigenvalue weighted by molar-refractivity contribution is -0.137. The summed E-state index contributed by atoms with van der Waals surface area (Å²) in [6, 6.07) is 11.6. The molecule has 0 spiro atoms. The zero-order valence-electron chi connectivity index (χ0n) is 12.5. The van der Waals surface area contributed by atoms with E-state index in [0.717, 1.165) is 6.07 Å². The molecule has 2 aromatic carbocycles. The fourth-order valence-electron chi connectivity index (χ4n) is 1.91. The highest BCUT2D eigenvalue weighted by atomic mass is 32.1.